The van der Waals surface area contributed by atoms with Crippen LogP contribution in [0.5, 0.6) is 0 Å². The molecule has 0 spiro atoms. The molecule has 3 nitrogen and oxygen atoms in total. The van der Waals surface area contributed by atoms with Crippen LogP contribution in [0.1, 0.15) is 52.7 Å². The highest BCUT2D eigenvalue weighted by molar-refractivity contribution is 7.92. The smallest absolute Gasteiger partial charge is 0.232 e. The molecule has 0 saturated carbocycles. The van der Waals surface area contributed by atoms with Crippen molar-refractivity contribution >= 4 is 15.7 Å². The molecule has 0 heterocycles. The average Bonchev–Trinajstić information content (AvgIpc) is 2.31. The van der Waals surface area contributed by atoms with Gasteiger partial charge >= 0.3 is 0 Å². The van der Waals surface area contributed by atoms with Crippen LogP contribution in [0.25, 0.3) is 0 Å². The van der Waals surface area contributed by atoms with Crippen LogP contribution >= 0.6 is 0 Å². The van der Waals surface area contributed by atoms with E-state index in [0.717, 1.165) is 16.8 Å². The molecular formula is C18H29NO2S. The molecule has 4 heteroatoms. The minimum atomic E-state index is -3.38. The molecule has 1 rings (SSSR count). The first kappa shape index (κ1) is 18.8. The number of hydrogen-bond acceptors (Lipinski definition) is 2. The Morgan fingerprint density at radius 2 is 1.45 bits per heavy atom. The highest BCUT2D eigenvalue weighted by atomic mass is 32.2. The molecule has 0 bridgehead atoms. The molecule has 0 unspecified atom stereocenters. The van der Waals surface area contributed by atoms with Crippen molar-refractivity contribution < 1.29 is 8.42 Å². The molecule has 0 N–H and O–H groups in total. The van der Waals surface area contributed by atoms with Crippen LogP contribution in [0.3, 0.4) is 0 Å². The zero-order chi connectivity index (χ0) is 17.3. The minimum Gasteiger partial charge on any atom is -0.266 e. The van der Waals surface area contributed by atoms with Crippen LogP contribution in [0.2, 0.25) is 0 Å². The van der Waals surface area contributed by atoms with Crippen molar-refractivity contribution in [2.24, 2.45) is 0 Å². The molecule has 0 atom stereocenters. The van der Waals surface area contributed by atoms with E-state index < -0.39 is 10.0 Å². The van der Waals surface area contributed by atoms with Gasteiger partial charge in [-0.3, -0.25) is 4.31 Å². The normalized spacial score (nSPS) is 13.0. The molecule has 1 aromatic rings. The molecule has 0 fully saturated rings. The number of sulfonamides is 1. The van der Waals surface area contributed by atoms with Gasteiger partial charge in [0.2, 0.25) is 10.0 Å². The number of benzene rings is 1. The number of rotatable bonds is 4. The van der Waals surface area contributed by atoms with Gasteiger partial charge in [-0.25, -0.2) is 8.42 Å². The Kier molecular flexibility index (Phi) is 5.18. The Morgan fingerprint density at radius 3 is 1.73 bits per heavy atom. The van der Waals surface area contributed by atoms with Crippen LogP contribution in [0.15, 0.2) is 30.9 Å². The zero-order valence-electron chi connectivity index (χ0n) is 14.9. The SMILES string of the molecule is C=CCN(c1c(C(C)(C)C)cccc1C(C)(C)C)S(C)(=O)=O. The van der Waals surface area contributed by atoms with Gasteiger partial charge in [0.15, 0.2) is 0 Å². The summed E-state index contributed by atoms with van der Waals surface area (Å²) in [5, 5.41) is 0. The predicted octanol–water partition coefficient (Wildman–Crippen LogP) is 4.23. The molecule has 0 aliphatic carbocycles. The maximum atomic E-state index is 12.4. The monoisotopic (exact) mass is 323 g/mol. The average molecular weight is 324 g/mol. The first-order chi connectivity index (χ1) is 9.80. The maximum absolute atomic E-state index is 12.4. The second kappa shape index (κ2) is 6.07. The predicted molar refractivity (Wildman–Crippen MR) is 96.2 cm³/mol. The lowest BCUT2D eigenvalue weighted by atomic mass is 9.78. The van der Waals surface area contributed by atoms with Crippen molar-refractivity contribution in [2.75, 3.05) is 17.1 Å². The molecule has 0 aliphatic heterocycles. The maximum Gasteiger partial charge on any atom is 0.232 e. The topological polar surface area (TPSA) is 37.4 Å². The van der Waals surface area contributed by atoms with E-state index in [1.54, 1.807) is 6.08 Å². The number of nitrogens with zero attached hydrogens (tertiary/aromatic N) is 1. The Balaban J connectivity index is 3.84. The van der Waals surface area contributed by atoms with Crippen LogP contribution in [-0.4, -0.2) is 21.2 Å². The van der Waals surface area contributed by atoms with E-state index in [2.05, 4.69) is 48.1 Å². The van der Waals surface area contributed by atoms with E-state index in [4.69, 9.17) is 0 Å². The summed E-state index contributed by atoms with van der Waals surface area (Å²) in [6, 6.07) is 6.05. The number of anilines is 1. The van der Waals surface area contributed by atoms with Crippen LogP contribution < -0.4 is 4.31 Å². The quantitative estimate of drug-likeness (QED) is 0.777. The Bertz CT molecular complexity index is 614. The first-order valence-corrected chi connectivity index (χ1v) is 9.37. The Morgan fingerprint density at radius 1 is 1.05 bits per heavy atom. The van der Waals surface area contributed by atoms with Gasteiger partial charge in [0, 0.05) is 0 Å². The summed E-state index contributed by atoms with van der Waals surface area (Å²) in [5.74, 6) is 0. The summed E-state index contributed by atoms with van der Waals surface area (Å²) in [6.07, 6.45) is 2.88. The minimum absolute atomic E-state index is 0.152. The van der Waals surface area contributed by atoms with Crippen molar-refractivity contribution in [2.45, 2.75) is 52.4 Å². The molecule has 0 aliphatic rings. The van der Waals surface area contributed by atoms with Gasteiger partial charge in [0.25, 0.3) is 0 Å². The van der Waals surface area contributed by atoms with Gasteiger partial charge in [-0.05, 0) is 22.0 Å². The highest BCUT2D eigenvalue weighted by Gasteiger charge is 2.31. The fourth-order valence-corrected chi connectivity index (χ4v) is 3.44. The molecule has 1 aromatic carbocycles. The van der Waals surface area contributed by atoms with E-state index in [0.29, 0.717) is 0 Å². The van der Waals surface area contributed by atoms with Gasteiger partial charge in [-0.15, -0.1) is 6.58 Å². The van der Waals surface area contributed by atoms with Gasteiger partial charge < -0.3 is 0 Å². The van der Waals surface area contributed by atoms with E-state index in [1.165, 1.54) is 10.6 Å². The number of para-hydroxylation sites is 1. The highest BCUT2D eigenvalue weighted by Crippen LogP contribution is 2.40. The summed E-state index contributed by atoms with van der Waals surface area (Å²) in [7, 11) is -3.38. The second-order valence-corrected chi connectivity index (χ2v) is 9.69. The van der Waals surface area contributed by atoms with E-state index in [9.17, 15) is 8.42 Å². The standard InChI is InChI=1S/C18H29NO2S/c1-9-13-19(22(8,20)21)16-14(17(2,3)4)11-10-12-15(16)18(5,6)7/h9-12H,1,13H2,2-8H3. The van der Waals surface area contributed by atoms with E-state index >= 15 is 0 Å². The van der Waals surface area contributed by atoms with Gasteiger partial charge in [-0.2, -0.15) is 0 Å². The molecule has 0 amide bonds. The fraction of sp³-hybridized carbons (Fsp3) is 0.556. The summed E-state index contributed by atoms with van der Waals surface area (Å²) < 4.78 is 26.2. The fourth-order valence-electron chi connectivity index (χ4n) is 2.53. The number of hydrogen-bond donors (Lipinski definition) is 0. The molecule has 22 heavy (non-hydrogen) atoms. The van der Waals surface area contributed by atoms with Crippen LogP contribution in [0, 0.1) is 0 Å². The summed E-state index contributed by atoms with van der Waals surface area (Å²) in [6.45, 7) is 16.6. The van der Waals surface area contributed by atoms with E-state index in [1.807, 2.05) is 18.2 Å². The Hall–Kier alpha value is -1.29. The zero-order valence-corrected chi connectivity index (χ0v) is 15.7. The largest absolute Gasteiger partial charge is 0.266 e. The van der Waals surface area contributed by atoms with Crippen molar-refractivity contribution in [3.05, 3.63) is 42.0 Å². The third-order valence-corrected chi connectivity index (χ3v) is 4.73. The summed E-state index contributed by atoms with van der Waals surface area (Å²) in [5.41, 5.74) is 2.56. The third-order valence-electron chi connectivity index (χ3n) is 3.60. The lowest BCUT2D eigenvalue weighted by molar-refractivity contribution is 0.566. The van der Waals surface area contributed by atoms with Gasteiger partial charge in [0.05, 0.1) is 18.5 Å². The molecule has 0 aromatic heterocycles. The van der Waals surface area contributed by atoms with Crippen molar-refractivity contribution in [3.63, 3.8) is 0 Å². The molecule has 124 valence electrons. The first-order valence-electron chi connectivity index (χ1n) is 7.52. The molecule has 0 radical (unpaired) electrons. The lowest BCUT2D eigenvalue weighted by Crippen LogP contribution is -2.35. The van der Waals surface area contributed by atoms with Gasteiger partial charge in [-0.1, -0.05) is 65.8 Å². The molecule has 0 saturated heterocycles. The van der Waals surface area contributed by atoms with Crippen molar-refractivity contribution in [3.8, 4) is 0 Å². The second-order valence-electron chi connectivity index (χ2n) is 7.78. The van der Waals surface area contributed by atoms with Crippen molar-refractivity contribution in [1.82, 2.24) is 0 Å². The summed E-state index contributed by atoms with van der Waals surface area (Å²) in [4.78, 5) is 0. The molecular weight excluding hydrogens is 294 g/mol. The Labute approximate surface area is 136 Å². The van der Waals surface area contributed by atoms with Crippen molar-refractivity contribution in [1.29, 1.82) is 0 Å². The third kappa shape index (κ3) is 4.13. The summed E-state index contributed by atoms with van der Waals surface area (Å²) >= 11 is 0. The van der Waals surface area contributed by atoms with E-state index in [-0.39, 0.29) is 17.4 Å². The lowest BCUT2D eigenvalue weighted by Gasteiger charge is -2.35. The van der Waals surface area contributed by atoms with Gasteiger partial charge in [0.1, 0.15) is 0 Å². The van der Waals surface area contributed by atoms with Crippen LogP contribution in [0.4, 0.5) is 5.69 Å². The van der Waals surface area contributed by atoms with Crippen LogP contribution in [-0.2, 0) is 20.9 Å².